The molecule has 1 aromatic rings. The SMILES string of the molecule is C[C@H]1[C@@H](C2(C)C=C(F)C=C(C(F)(F)F)C2)OC(=O)N1C(=O)NCc1ccccc1[N+](=O)[O-]. The summed E-state index contributed by atoms with van der Waals surface area (Å²) in [7, 11) is 0. The van der Waals surface area contributed by atoms with Crippen molar-refractivity contribution in [3.05, 3.63) is 63.5 Å². The molecule has 0 bridgehead atoms. The van der Waals surface area contributed by atoms with Gasteiger partial charge in [-0.15, -0.1) is 0 Å². The number of hydrogen-bond donors (Lipinski definition) is 1. The monoisotopic (exact) mass is 457 g/mol. The summed E-state index contributed by atoms with van der Waals surface area (Å²) in [6.45, 7) is 2.43. The number of imide groups is 1. The predicted molar refractivity (Wildman–Crippen MR) is 103 cm³/mol. The van der Waals surface area contributed by atoms with Crippen molar-refractivity contribution >= 4 is 17.8 Å². The van der Waals surface area contributed by atoms with E-state index in [0.717, 1.165) is 6.08 Å². The Morgan fingerprint density at radius 2 is 2.03 bits per heavy atom. The summed E-state index contributed by atoms with van der Waals surface area (Å²) < 4.78 is 58.7. The average molecular weight is 457 g/mol. The highest BCUT2D eigenvalue weighted by Gasteiger charge is 2.53. The Labute approximate surface area is 179 Å². The third-order valence-electron chi connectivity index (χ3n) is 5.47. The van der Waals surface area contributed by atoms with Gasteiger partial charge in [-0.3, -0.25) is 10.1 Å². The summed E-state index contributed by atoms with van der Waals surface area (Å²) in [6.07, 6.45) is -6.42. The van der Waals surface area contributed by atoms with Crippen LogP contribution in [0.2, 0.25) is 0 Å². The Kier molecular flexibility index (Phi) is 5.98. The molecule has 32 heavy (non-hydrogen) atoms. The smallest absolute Gasteiger partial charge is 0.418 e. The molecule has 1 unspecified atom stereocenters. The minimum atomic E-state index is -4.76. The third-order valence-corrected chi connectivity index (χ3v) is 5.47. The van der Waals surface area contributed by atoms with Gasteiger partial charge in [0.15, 0.2) is 0 Å². The Hall–Kier alpha value is -3.44. The number of nitro benzene ring substituents is 1. The number of nitro groups is 1. The molecule has 172 valence electrons. The summed E-state index contributed by atoms with van der Waals surface area (Å²) in [5.74, 6) is -1.12. The first kappa shape index (κ1) is 23.2. The van der Waals surface area contributed by atoms with Gasteiger partial charge in [0.1, 0.15) is 11.9 Å². The van der Waals surface area contributed by atoms with Crippen LogP contribution < -0.4 is 5.32 Å². The highest BCUT2D eigenvalue weighted by Crippen LogP contribution is 2.47. The second kappa shape index (κ2) is 8.24. The number of benzene rings is 1. The van der Waals surface area contributed by atoms with Crippen LogP contribution in [-0.4, -0.2) is 40.3 Å². The number of ether oxygens (including phenoxy) is 1. The van der Waals surface area contributed by atoms with E-state index in [0.29, 0.717) is 11.0 Å². The molecular formula is C20H19F4N3O5. The van der Waals surface area contributed by atoms with Crippen LogP contribution in [0, 0.1) is 15.5 Å². The minimum absolute atomic E-state index is 0.187. The number of nitrogens with zero attached hydrogens (tertiary/aromatic N) is 2. The van der Waals surface area contributed by atoms with Crippen LogP contribution in [0.25, 0.3) is 0 Å². The van der Waals surface area contributed by atoms with E-state index in [1.807, 2.05) is 0 Å². The summed E-state index contributed by atoms with van der Waals surface area (Å²) in [5, 5.41) is 13.5. The van der Waals surface area contributed by atoms with Gasteiger partial charge in [-0.1, -0.05) is 25.1 Å². The number of halogens is 4. The molecule has 1 saturated heterocycles. The molecule has 0 saturated carbocycles. The molecule has 1 aliphatic carbocycles. The van der Waals surface area contributed by atoms with Gasteiger partial charge in [-0.05, 0) is 25.5 Å². The molecule has 2 aliphatic rings. The van der Waals surface area contributed by atoms with Crippen LogP contribution in [0.1, 0.15) is 25.8 Å². The molecule has 0 radical (unpaired) electrons. The number of carbonyl (C=O) groups excluding carboxylic acids is 2. The molecule has 1 N–H and O–H groups in total. The lowest BCUT2D eigenvalue weighted by Crippen LogP contribution is -2.48. The lowest BCUT2D eigenvalue weighted by atomic mass is 9.73. The first-order valence-electron chi connectivity index (χ1n) is 9.49. The number of cyclic esters (lactones) is 1. The maximum atomic E-state index is 14.0. The lowest BCUT2D eigenvalue weighted by Gasteiger charge is -2.36. The van der Waals surface area contributed by atoms with Crippen molar-refractivity contribution < 1.29 is 36.8 Å². The Morgan fingerprint density at radius 1 is 1.38 bits per heavy atom. The van der Waals surface area contributed by atoms with Crippen LogP contribution in [0.3, 0.4) is 0 Å². The zero-order chi connectivity index (χ0) is 23.8. The highest BCUT2D eigenvalue weighted by atomic mass is 19.4. The van der Waals surface area contributed by atoms with E-state index in [2.05, 4.69) is 5.32 Å². The molecule has 8 nitrogen and oxygen atoms in total. The number of hydrogen-bond acceptors (Lipinski definition) is 5. The Balaban J connectivity index is 1.76. The van der Waals surface area contributed by atoms with Crippen LogP contribution >= 0.6 is 0 Å². The number of alkyl halides is 3. The quantitative estimate of drug-likeness (QED) is 0.399. The summed E-state index contributed by atoms with van der Waals surface area (Å²) in [4.78, 5) is 36.1. The topological polar surface area (TPSA) is 102 Å². The van der Waals surface area contributed by atoms with Crippen molar-refractivity contribution in [3.63, 3.8) is 0 Å². The van der Waals surface area contributed by atoms with E-state index in [1.165, 1.54) is 38.1 Å². The molecular weight excluding hydrogens is 438 g/mol. The fourth-order valence-electron chi connectivity index (χ4n) is 4.01. The van der Waals surface area contributed by atoms with E-state index >= 15 is 0 Å². The van der Waals surface area contributed by atoms with E-state index in [4.69, 9.17) is 4.74 Å². The number of nitrogens with one attached hydrogen (secondary N) is 1. The molecule has 0 aromatic heterocycles. The van der Waals surface area contributed by atoms with Gasteiger partial charge >= 0.3 is 18.3 Å². The van der Waals surface area contributed by atoms with E-state index in [9.17, 15) is 37.3 Å². The van der Waals surface area contributed by atoms with Crippen LogP contribution in [-0.2, 0) is 11.3 Å². The second-order valence-corrected chi connectivity index (χ2v) is 7.84. The normalized spacial score (nSPS) is 25.7. The van der Waals surface area contributed by atoms with Crippen molar-refractivity contribution in [2.75, 3.05) is 0 Å². The van der Waals surface area contributed by atoms with Gasteiger partial charge in [0, 0.05) is 22.6 Å². The molecule has 3 amide bonds. The summed E-state index contributed by atoms with van der Waals surface area (Å²) in [6, 6.07) is 3.69. The van der Waals surface area contributed by atoms with Crippen molar-refractivity contribution in [1.29, 1.82) is 0 Å². The fourth-order valence-corrected chi connectivity index (χ4v) is 4.01. The maximum absolute atomic E-state index is 14.0. The number of rotatable bonds is 4. The standard InChI is InChI=1S/C20H19F4N3O5/c1-11-16(19(2)8-13(20(22,23)24)7-14(21)9-19)32-18(29)26(11)17(28)25-10-12-5-3-4-6-15(12)27(30)31/h3-7,9,11,16H,8,10H2,1-2H3,(H,25,28)/t11-,16-,19?/m0/s1. The van der Waals surface area contributed by atoms with E-state index in [1.54, 1.807) is 0 Å². The molecule has 3 atom stereocenters. The fraction of sp³-hybridized carbons (Fsp3) is 0.400. The highest BCUT2D eigenvalue weighted by molar-refractivity contribution is 5.92. The van der Waals surface area contributed by atoms with Gasteiger partial charge in [0.05, 0.1) is 17.5 Å². The first-order valence-corrected chi connectivity index (χ1v) is 9.49. The minimum Gasteiger partial charge on any atom is -0.443 e. The van der Waals surface area contributed by atoms with Gasteiger partial charge < -0.3 is 10.1 Å². The average Bonchev–Trinajstić information content (AvgIpc) is 3.00. The van der Waals surface area contributed by atoms with Gasteiger partial charge in [-0.2, -0.15) is 13.2 Å². The summed E-state index contributed by atoms with van der Waals surface area (Å²) >= 11 is 0. The zero-order valence-corrected chi connectivity index (χ0v) is 17.0. The molecule has 1 fully saturated rings. The number of amides is 3. The van der Waals surface area contributed by atoms with Gasteiger partial charge in [-0.25, -0.2) is 18.9 Å². The maximum Gasteiger partial charge on any atom is 0.418 e. The molecule has 3 rings (SSSR count). The number of para-hydroxylation sites is 1. The zero-order valence-electron chi connectivity index (χ0n) is 17.0. The van der Waals surface area contributed by atoms with Crippen molar-refractivity contribution in [2.45, 2.75) is 45.1 Å². The van der Waals surface area contributed by atoms with Crippen molar-refractivity contribution in [1.82, 2.24) is 10.2 Å². The Morgan fingerprint density at radius 3 is 2.66 bits per heavy atom. The Bertz CT molecular complexity index is 1020. The van der Waals surface area contributed by atoms with Crippen molar-refractivity contribution in [2.24, 2.45) is 5.41 Å². The third kappa shape index (κ3) is 4.43. The lowest BCUT2D eigenvalue weighted by molar-refractivity contribution is -0.385. The molecule has 1 aliphatic heterocycles. The number of allylic oxidation sites excluding steroid dienone is 3. The predicted octanol–water partition coefficient (Wildman–Crippen LogP) is 4.77. The second-order valence-electron chi connectivity index (χ2n) is 7.84. The largest absolute Gasteiger partial charge is 0.443 e. The molecule has 1 heterocycles. The molecule has 12 heteroatoms. The van der Waals surface area contributed by atoms with Gasteiger partial charge in [0.25, 0.3) is 5.69 Å². The van der Waals surface area contributed by atoms with E-state index in [-0.39, 0.29) is 17.8 Å². The van der Waals surface area contributed by atoms with Crippen molar-refractivity contribution in [3.8, 4) is 0 Å². The first-order chi connectivity index (χ1) is 14.8. The van der Waals surface area contributed by atoms with E-state index < -0.39 is 58.6 Å². The van der Waals surface area contributed by atoms with Crippen LogP contribution in [0.4, 0.5) is 32.8 Å². The summed E-state index contributed by atoms with van der Waals surface area (Å²) in [5.41, 5.74) is -2.70. The van der Waals surface area contributed by atoms with Crippen LogP contribution in [0.5, 0.6) is 0 Å². The number of carbonyl (C=O) groups is 2. The van der Waals surface area contributed by atoms with Crippen LogP contribution in [0.15, 0.2) is 47.8 Å². The van der Waals surface area contributed by atoms with Gasteiger partial charge in [0.2, 0.25) is 0 Å². The molecule has 1 aromatic carbocycles. The number of urea groups is 1. The molecule has 0 spiro atoms.